The van der Waals surface area contributed by atoms with Crippen molar-refractivity contribution < 1.29 is 14.3 Å². The van der Waals surface area contributed by atoms with Crippen molar-refractivity contribution >= 4 is 28.7 Å². The van der Waals surface area contributed by atoms with Crippen LogP contribution in [0, 0.1) is 6.92 Å². The average Bonchev–Trinajstić information content (AvgIpc) is 3.39. The van der Waals surface area contributed by atoms with E-state index in [-0.39, 0.29) is 5.91 Å². The number of aryl methyl sites for hydroxylation is 1. The highest BCUT2D eigenvalue weighted by Crippen LogP contribution is 2.32. The fourth-order valence-electron chi connectivity index (χ4n) is 3.87. The predicted molar refractivity (Wildman–Crippen MR) is 140 cm³/mol. The van der Waals surface area contributed by atoms with E-state index in [4.69, 9.17) is 14.5 Å². The first-order valence-corrected chi connectivity index (χ1v) is 11.4. The number of ether oxygens (including phenoxy) is 2. The Kier molecular flexibility index (Phi) is 6.23. The Balaban J connectivity index is 1.47. The summed E-state index contributed by atoms with van der Waals surface area (Å²) in [4.78, 5) is 22.2. The number of anilines is 3. The van der Waals surface area contributed by atoms with Crippen LogP contribution in [0.4, 0.5) is 17.2 Å². The lowest BCUT2D eigenvalue weighted by molar-refractivity contribution is 0.102. The summed E-state index contributed by atoms with van der Waals surface area (Å²) >= 11 is 0. The van der Waals surface area contributed by atoms with Crippen LogP contribution >= 0.6 is 0 Å². The van der Waals surface area contributed by atoms with E-state index in [2.05, 4.69) is 15.6 Å². The third kappa shape index (κ3) is 4.69. The molecule has 0 atom stereocenters. The molecule has 0 radical (unpaired) electrons. The van der Waals surface area contributed by atoms with Crippen LogP contribution in [0.1, 0.15) is 15.9 Å². The summed E-state index contributed by atoms with van der Waals surface area (Å²) in [5, 5.41) is 6.28. The van der Waals surface area contributed by atoms with Crippen LogP contribution in [-0.4, -0.2) is 34.5 Å². The standard InChI is InChI=1S/C28H25N5O3/c1-18-7-9-21(10-8-18)31-28(34)20-6-4-5-19(15-20)23-17-33-14-13-29-27(33)26(32-23)30-22-11-12-24(35-2)25(16-22)36-3/h4-17H,1-3H3,(H,30,32)(H,31,34). The van der Waals surface area contributed by atoms with Gasteiger partial charge < -0.3 is 24.5 Å². The van der Waals surface area contributed by atoms with Crippen LogP contribution in [0.2, 0.25) is 0 Å². The van der Waals surface area contributed by atoms with Crippen molar-refractivity contribution in [3.8, 4) is 22.8 Å². The number of rotatable bonds is 7. The van der Waals surface area contributed by atoms with Crippen molar-refractivity contribution in [3.05, 3.63) is 96.4 Å². The minimum atomic E-state index is -0.187. The van der Waals surface area contributed by atoms with Crippen molar-refractivity contribution in [2.75, 3.05) is 24.9 Å². The van der Waals surface area contributed by atoms with Crippen molar-refractivity contribution in [3.63, 3.8) is 0 Å². The first-order valence-electron chi connectivity index (χ1n) is 11.4. The zero-order valence-electron chi connectivity index (χ0n) is 20.1. The minimum absolute atomic E-state index is 0.187. The molecule has 0 bridgehead atoms. The summed E-state index contributed by atoms with van der Waals surface area (Å²) in [6, 6.07) is 20.6. The van der Waals surface area contributed by atoms with Crippen molar-refractivity contribution in [2.45, 2.75) is 6.92 Å². The van der Waals surface area contributed by atoms with Gasteiger partial charge in [-0.25, -0.2) is 9.97 Å². The van der Waals surface area contributed by atoms with Gasteiger partial charge in [-0.05, 0) is 43.3 Å². The van der Waals surface area contributed by atoms with Gasteiger partial charge in [0, 0.05) is 47.2 Å². The molecular weight excluding hydrogens is 454 g/mol. The van der Waals surface area contributed by atoms with E-state index in [0.717, 1.165) is 22.5 Å². The largest absolute Gasteiger partial charge is 0.493 e. The SMILES string of the molecule is COc1ccc(Nc2nc(-c3cccc(C(=O)Nc4ccc(C)cc4)c3)cn3ccnc23)cc1OC. The molecule has 2 aromatic heterocycles. The maximum atomic E-state index is 12.9. The second-order valence-corrected chi connectivity index (χ2v) is 8.23. The molecule has 3 aromatic carbocycles. The number of nitrogens with zero attached hydrogens (tertiary/aromatic N) is 3. The molecule has 5 aromatic rings. The molecule has 36 heavy (non-hydrogen) atoms. The van der Waals surface area contributed by atoms with Gasteiger partial charge in [-0.15, -0.1) is 0 Å². The molecule has 0 fully saturated rings. The lowest BCUT2D eigenvalue weighted by atomic mass is 10.1. The molecule has 0 spiro atoms. The van der Waals surface area contributed by atoms with Gasteiger partial charge >= 0.3 is 0 Å². The van der Waals surface area contributed by atoms with Crippen molar-refractivity contribution in [1.29, 1.82) is 0 Å². The van der Waals surface area contributed by atoms with E-state index in [1.54, 1.807) is 26.5 Å². The number of amides is 1. The number of hydrogen-bond acceptors (Lipinski definition) is 6. The number of benzene rings is 3. The predicted octanol–water partition coefficient (Wildman–Crippen LogP) is 5.72. The fraction of sp³-hybridized carbons (Fsp3) is 0.107. The Hall–Kier alpha value is -4.85. The fourth-order valence-corrected chi connectivity index (χ4v) is 3.87. The number of carbonyl (C=O) groups excluding carboxylic acids is 1. The summed E-state index contributed by atoms with van der Waals surface area (Å²) in [6.45, 7) is 2.01. The van der Waals surface area contributed by atoms with E-state index in [0.29, 0.717) is 34.2 Å². The monoisotopic (exact) mass is 479 g/mol. The van der Waals surface area contributed by atoms with Crippen LogP contribution in [0.3, 0.4) is 0 Å². The number of nitrogens with one attached hydrogen (secondary N) is 2. The quantitative estimate of drug-likeness (QED) is 0.310. The lowest BCUT2D eigenvalue weighted by Crippen LogP contribution is -2.11. The van der Waals surface area contributed by atoms with Crippen LogP contribution in [0.5, 0.6) is 11.5 Å². The first kappa shape index (κ1) is 22.9. The molecule has 0 aliphatic heterocycles. The molecule has 0 saturated heterocycles. The Morgan fingerprint density at radius 1 is 0.917 bits per heavy atom. The highest BCUT2D eigenvalue weighted by atomic mass is 16.5. The normalized spacial score (nSPS) is 10.8. The Labute approximate surface area is 208 Å². The van der Waals surface area contributed by atoms with E-state index in [9.17, 15) is 4.79 Å². The number of imidazole rings is 1. The molecule has 1 amide bonds. The number of carbonyl (C=O) groups is 1. The van der Waals surface area contributed by atoms with E-state index in [1.807, 2.05) is 84.4 Å². The van der Waals surface area contributed by atoms with Crippen molar-refractivity contribution in [2.24, 2.45) is 0 Å². The second-order valence-electron chi connectivity index (χ2n) is 8.23. The van der Waals surface area contributed by atoms with Gasteiger partial charge in [-0.3, -0.25) is 4.79 Å². The molecule has 180 valence electrons. The topological polar surface area (TPSA) is 89.8 Å². The van der Waals surface area contributed by atoms with E-state index >= 15 is 0 Å². The molecule has 8 nitrogen and oxygen atoms in total. The summed E-state index contributed by atoms with van der Waals surface area (Å²) in [7, 11) is 3.19. The van der Waals surface area contributed by atoms with E-state index in [1.165, 1.54) is 0 Å². The first-order chi connectivity index (χ1) is 17.5. The van der Waals surface area contributed by atoms with Crippen molar-refractivity contribution in [1.82, 2.24) is 14.4 Å². The highest BCUT2D eigenvalue weighted by Gasteiger charge is 2.13. The van der Waals surface area contributed by atoms with Gasteiger partial charge in [0.05, 0.1) is 19.9 Å². The van der Waals surface area contributed by atoms with Gasteiger partial charge in [-0.1, -0.05) is 29.8 Å². The summed E-state index contributed by atoms with van der Waals surface area (Å²) < 4.78 is 12.6. The van der Waals surface area contributed by atoms with Crippen LogP contribution < -0.4 is 20.1 Å². The van der Waals surface area contributed by atoms with E-state index < -0.39 is 0 Å². The number of methoxy groups -OCH3 is 2. The summed E-state index contributed by atoms with van der Waals surface area (Å²) in [5.41, 5.74) is 5.35. The van der Waals surface area contributed by atoms with Gasteiger partial charge in [-0.2, -0.15) is 0 Å². The summed E-state index contributed by atoms with van der Waals surface area (Å²) in [6.07, 6.45) is 5.46. The molecule has 0 aliphatic carbocycles. The Morgan fingerprint density at radius 2 is 1.69 bits per heavy atom. The third-order valence-corrected chi connectivity index (χ3v) is 5.75. The van der Waals surface area contributed by atoms with Crippen LogP contribution in [0.25, 0.3) is 16.9 Å². The highest BCUT2D eigenvalue weighted by molar-refractivity contribution is 6.04. The van der Waals surface area contributed by atoms with Crippen LogP contribution in [0.15, 0.2) is 85.3 Å². The molecule has 8 heteroatoms. The zero-order chi connectivity index (χ0) is 25.1. The number of aromatic nitrogens is 3. The molecule has 2 N–H and O–H groups in total. The van der Waals surface area contributed by atoms with Crippen LogP contribution in [-0.2, 0) is 0 Å². The van der Waals surface area contributed by atoms with Gasteiger partial charge in [0.15, 0.2) is 23.0 Å². The maximum Gasteiger partial charge on any atom is 0.255 e. The molecule has 5 rings (SSSR count). The average molecular weight is 480 g/mol. The number of hydrogen-bond donors (Lipinski definition) is 2. The van der Waals surface area contributed by atoms with Gasteiger partial charge in [0.25, 0.3) is 5.91 Å². The molecule has 0 unspecified atom stereocenters. The molecule has 0 saturated carbocycles. The smallest absolute Gasteiger partial charge is 0.255 e. The van der Waals surface area contributed by atoms with Gasteiger partial charge in [0.1, 0.15) is 0 Å². The maximum absolute atomic E-state index is 12.9. The summed E-state index contributed by atoms with van der Waals surface area (Å²) in [5.74, 6) is 1.62. The third-order valence-electron chi connectivity index (χ3n) is 5.75. The zero-order valence-corrected chi connectivity index (χ0v) is 20.1. The second kappa shape index (κ2) is 9.79. The number of fused-ring (bicyclic) bond motifs is 1. The molecule has 0 aliphatic rings. The lowest BCUT2D eigenvalue weighted by Gasteiger charge is -2.13. The minimum Gasteiger partial charge on any atom is -0.493 e. The molecule has 2 heterocycles. The molecular formula is C28H25N5O3. The van der Waals surface area contributed by atoms with Gasteiger partial charge in [0.2, 0.25) is 0 Å². The Morgan fingerprint density at radius 3 is 2.47 bits per heavy atom. The Bertz CT molecular complexity index is 1540.